The Bertz CT molecular complexity index is 406. The highest BCUT2D eigenvalue weighted by Crippen LogP contribution is 2.26. The number of nitrogens with one attached hydrogen (secondary N) is 1. The standard InChI is InChI=1S/C13H18N2O2/c1-9(13(14)16)15-8-12-11-5-3-2-4-10(11)6-7-17-12/h2-5,9,12,15H,6-8H2,1H3,(H2,14,16). The van der Waals surface area contributed by atoms with Gasteiger partial charge < -0.3 is 15.8 Å². The van der Waals surface area contributed by atoms with E-state index in [2.05, 4.69) is 17.4 Å². The quantitative estimate of drug-likeness (QED) is 0.808. The first kappa shape index (κ1) is 12.1. The van der Waals surface area contributed by atoms with Crippen LogP contribution in [0.5, 0.6) is 0 Å². The third-order valence-electron chi connectivity index (χ3n) is 3.13. The fourth-order valence-electron chi connectivity index (χ4n) is 2.03. The summed E-state index contributed by atoms with van der Waals surface area (Å²) >= 11 is 0. The predicted octanol–water partition coefficient (Wildman–Crippen LogP) is 0.764. The molecule has 0 radical (unpaired) electrons. The van der Waals surface area contributed by atoms with Gasteiger partial charge in [0.2, 0.25) is 5.91 Å². The van der Waals surface area contributed by atoms with E-state index in [-0.39, 0.29) is 18.1 Å². The van der Waals surface area contributed by atoms with Crippen molar-refractivity contribution in [1.82, 2.24) is 5.32 Å². The van der Waals surface area contributed by atoms with Crippen molar-refractivity contribution in [2.24, 2.45) is 5.73 Å². The molecule has 0 bridgehead atoms. The van der Waals surface area contributed by atoms with E-state index in [9.17, 15) is 4.79 Å². The fourth-order valence-corrected chi connectivity index (χ4v) is 2.03. The summed E-state index contributed by atoms with van der Waals surface area (Å²) in [5.41, 5.74) is 7.75. The number of benzene rings is 1. The lowest BCUT2D eigenvalue weighted by Gasteiger charge is -2.27. The molecule has 1 aromatic rings. The Hall–Kier alpha value is -1.39. The molecule has 2 atom stereocenters. The molecule has 0 aliphatic carbocycles. The van der Waals surface area contributed by atoms with Gasteiger partial charge in [-0.05, 0) is 24.5 Å². The number of amides is 1. The van der Waals surface area contributed by atoms with E-state index in [0.717, 1.165) is 13.0 Å². The lowest BCUT2D eigenvalue weighted by molar-refractivity contribution is -0.119. The summed E-state index contributed by atoms with van der Waals surface area (Å²) in [6.45, 7) is 3.10. The number of ether oxygens (including phenoxy) is 1. The van der Waals surface area contributed by atoms with Crippen molar-refractivity contribution >= 4 is 5.91 Å². The average Bonchev–Trinajstić information content (AvgIpc) is 2.35. The molecule has 0 spiro atoms. The lowest BCUT2D eigenvalue weighted by atomic mass is 9.97. The molecule has 4 nitrogen and oxygen atoms in total. The van der Waals surface area contributed by atoms with Crippen LogP contribution in [0, 0.1) is 0 Å². The van der Waals surface area contributed by atoms with Gasteiger partial charge in [0, 0.05) is 6.54 Å². The van der Waals surface area contributed by atoms with Crippen LogP contribution in [-0.4, -0.2) is 25.1 Å². The summed E-state index contributed by atoms with van der Waals surface area (Å²) in [7, 11) is 0. The van der Waals surface area contributed by atoms with E-state index in [1.165, 1.54) is 11.1 Å². The first-order valence-electron chi connectivity index (χ1n) is 5.90. The highest BCUT2D eigenvalue weighted by atomic mass is 16.5. The summed E-state index contributed by atoms with van der Waals surface area (Å²) in [5.74, 6) is -0.339. The van der Waals surface area contributed by atoms with Gasteiger partial charge in [-0.25, -0.2) is 0 Å². The van der Waals surface area contributed by atoms with Crippen molar-refractivity contribution in [3.63, 3.8) is 0 Å². The second kappa shape index (κ2) is 5.29. The van der Waals surface area contributed by atoms with Gasteiger partial charge in [0.05, 0.1) is 18.8 Å². The maximum absolute atomic E-state index is 10.9. The van der Waals surface area contributed by atoms with Crippen LogP contribution in [-0.2, 0) is 16.0 Å². The van der Waals surface area contributed by atoms with Crippen LogP contribution in [0.2, 0.25) is 0 Å². The predicted molar refractivity (Wildman–Crippen MR) is 65.5 cm³/mol. The number of nitrogens with two attached hydrogens (primary N) is 1. The molecule has 17 heavy (non-hydrogen) atoms. The Kier molecular flexibility index (Phi) is 3.76. The van der Waals surface area contributed by atoms with E-state index in [0.29, 0.717) is 6.54 Å². The summed E-state index contributed by atoms with van der Waals surface area (Å²) in [6.07, 6.45) is 0.972. The molecule has 1 heterocycles. The number of carbonyl (C=O) groups is 1. The average molecular weight is 234 g/mol. The number of carbonyl (C=O) groups excluding carboxylic acids is 1. The van der Waals surface area contributed by atoms with Crippen LogP contribution in [0.15, 0.2) is 24.3 Å². The number of hydrogen-bond donors (Lipinski definition) is 2. The third kappa shape index (κ3) is 2.84. The van der Waals surface area contributed by atoms with Crippen molar-refractivity contribution in [2.75, 3.05) is 13.2 Å². The Morgan fingerprint density at radius 3 is 3.12 bits per heavy atom. The van der Waals surface area contributed by atoms with Crippen molar-refractivity contribution in [2.45, 2.75) is 25.5 Å². The highest BCUT2D eigenvalue weighted by molar-refractivity contribution is 5.79. The number of hydrogen-bond acceptors (Lipinski definition) is 3. The molecule has 2 unspecified atom stereocenters. The fraction of sp³-hybridized carbons (Fsp3) is 0.462. The van der Waals surface area contributed by atoms with E-state index in [1.54, 1.807) is 6.92 Å². The van der Waals surface area contributed by atoms with Crippen LogP contribution in [0.1, 0.15) is 24.2 Å². The monoisotopic (exact) mass is 234 g/mol. The SMILES string of the molecule is CC(NCC1OCCc2ccccc21)C(N)=O. The molecule has 1 aromatic carbocycles. The van der Waals surface area contributed by atoms with Crippen molar-refractivity contribution in [3.8, 4) is 0 Å². The second-order valence-corrected chi connectivity index (χ2v) is 4.34. The van der Waals surface area contributed by atoms with E-state index in [4.69, 9.17) is 10.5 Å². The van der Waals surface area contributed by atoms with Gasteiger partial charge in [0.25, 0.3) is 0 Å². The Balaban J connectivity index is 2.01. The van der Waals surface area contributed by atoms with Gasteiger partial charge in [0.15, 0.2) is 0 Å². The molecule has 0 saturated carbocycles. The molecule has 92 valence electrons. The number of rotatable bonds is 4. The maximum atomic E-state index is 10.9. The van der Waals surface area contributed by atoms with Gasteiger partial charge >= 0.3 is 0 Å². The number of fused-ring (bicyclic) bond motifs is 1. The normalized spacial score (nSPS) is 20.6. The molecule has 1 aliphatic rings. The summed E-state index contributed by atoms with van der Waals surface area (Å²) in [4.78, 5) is 10.9. The van der Waals surface area contributed by atoms with Crippen LogP contribution < -0.4 is 11.1 Å². The van der Waals surface area contributed by atoms with Gasteiger partial charge in [-0.3, -0.25) is 4.79 Å². The maximum Gasteiger partial charge on any atom is 0.234 e. The van der Waals surface area contributed by atoms with Crippen molar-refractivity contribution in [1.29, 1.82) is 0 Å². The van der Waals surface area contributed by atoms with Gasteiger partial charge in [-0.15, -0.1) is 0 Å². The van der Waals surface area contributed by atoms with Gasteiger partial charge in [0.1, 0.15) is 0 Å². The largest absolute Gasteiger partial charge is 0.372 e. The molecular formula is C13H18N2O2. The Morgan fingerprint density at radius 2 is 2.35 bits per heavy atom. The lowest BCUT2D eigenvalue weighted by Crippen LogP contribution is -2.41. The van der Waals surface area contributed by atoms with E-state index < -0.39 is 0 Å². The molecule has 1 amide bonds. The Labute approximate surface area is 101 Å². The van der Waals surface area contributed by atoms with Crippen LogP contribution >= 0.6 is 0 Å². The van der Waals surface area contributed by atoms with Crippen molar-refractivity contribution < 1.29 is 9.53 Å². The summed E-state index contributed by atoms with van der Waals surface area (Å²) < 4.78 is 5.72. The molecule has 4 heteroatoms. The first-order chi connectivity index (χ1) is 8.18. The zero-order valence-corrected chi connectivity index (χ0v) is 9.98. The molecule has 1 aliphatic heterocycles. The summed E-state index contributed by atoms with van der Waals surface area (Å²) in [6, 6.07) is 7.93. The van der Waals surface area contributed by atoms with Gasteiger partial charge in [-0.1, -0.05) is 24.3 Å². The molecule has 0 saturated heterocycles. The molecule has 0 aromatic heterocycles. The highest BCUT2D eigenvalue weighted by Gasteiger charge is 2.21. The molecule has 3 N–H and O–H groups in total. The zero-order chi connectivity index (χ0) is 12.3. The van der Waals surface area contributed by atoms with Crippen LogP contribution in [0.25, 0.3) is 0 Å². The molecule has 0 fully saturated rings. The minimum atomic E-state index is -0.339. The minimum Gasteiger partial charge on any atom is -0.372 e. The second-order valence-electron chi connectivity index (χ2n) is 4.34. The zero-order valence-electron chi connectivity index (χ0n) is 9.98. The van der Waals surface area contributed by atoms with Crippen LogP contribution in [0.3, 0.4) is 0 Å². The third-order valence-corrected chi connectivity index (χ3v) is 3.13. The molecule has 2 rings (SSSR count). The first-order valence-corrected chi connectivity index (χ1v) is 5.90. The van der Waals surface area contributed by atoms with Gasteiger partial charge in [-0.2, -0.15) is 0 Å². The van der Waals surface area contributed by atoms with Crippen LogP contribution in [0.4, 0.5) is 0 Å². The van der Waals surface area contributed by atoms with E-state index >= 15 is 0 Å². The number of primary amides is 1. The molecular weight excluding hydrogens is 216 g/mol. The summed E-state index contributed by atoms with van der Waals surface area (Å²) in [5, 5.41) is 3.09. The smallest absolute Gasteiger partial charge is 0.234 e. The van der Waals surface area contributed by atoms with Crippen molar-refractivity contribution in [3.05, 3.63) is 35.4 Å². The van der Waals surface area contributed by atoms with E-state index in [1.807, 2.05) is 12.1 Å². The minimum absolute atomic E-state index is 0.0155. The topological polar surface area (TPSA) is 64.3 Å². The Morgan fingerprint density at radius 1 is 1.59 bits per heavy atom.